The minimum atomic E-state index is -4.67. The maximum Gasteiger partial charge on any atom is 0.416 e. The number of halogens is 4. The fourth-order valence-electron chi connectivity index (χ4n) is 2.67. The van der Waals surface area contributed by atoms with Crippen LogP contribution in [0.2, 0.25) is 0 Å². The second kappa shape index (κ2) is 8.76. The largest absolute Gasteiger partial charge is 0.416 e. The summed E-state index contributed by atoms with van der Waals surface area (Å²) in [6.45, 7) is 0. The van der Waals surface area contributed by atoms with Gasteiger partial charge in [-0.2, -0.15) is 13.2 Å². The van der Waals surface area contributed by atoms with Crippen molar-refractivity contribution in [3.05, 3.63) is 89.7 Å². The van der Waals surface area contributed by atoms with Crippen LogP contribution in [0.25, 0.3) is 0 Å². The van der Waals surface area contributed by atoms with Crippen molar-refractivity contribution in [1.82, 2.24) is 0 Å². The molecule has 0 aliphatic rings. The molecule has 0 saturated heterocycles. The lowest BCUT2D eigenvalue weighted by Gasteiger charge is -2.11. The van der Waals surface area contributed by atoms with Crippen molar-refractivity contribution < 1.29 is 30.8 Å². The summed E-state index contributed by atoms with van der Waals surface area (Å²) in [7, 11) is -4.24. The minimum absolute atomic E-state index is 0.0158. The molecule has 3 aromatic rings. The van der Waals surface area contributed by atoms with Crippen molar-refractivity contribution in [1.29, 1.82) is 0 Å². The molecule has 1 amide bonds. The summed E-state index contributed by atoms with van der Waals surface area (Å²) in [5.74, 6) is -0.787. The lowest BCUT2D eigenvalue weighted by Crippen LogP contribution is -2.15. The molecule has 162 valence electrons. The van der Waals surface area contributed by atoms with Crippen molar-refractivity contribution in [2.45, 2.75) is 17.5 Å². The molecular formula is C21H16F4N2O3S. The fraction of sp³-hybridized carbons (Fsp3) is 0.0952. The summed E-state index contributed by atoms with van der Waals surface area (Å²) in [5.41, 5.74) is 0.0523. The van der Waals surface area contributed by atoms with Gasteiger partial charge in [0.1, 0.15) is 5.82 Å². The van der Waals surface area contributed by atoms with E-state index >= 15 is 0 Å². The summed E-state index contributed by atoms with van der Waals surface area (Å²) in [6.07, 6.45) is -4.68. The van der Waals surface area contributed by atoms with Gasteiger partial charge in [0.15, 0.2) is 0 Å². The van der Waals surface area contributed by atoms with Gasteiger partial charge in [0, 0.05) is 11.4 Å². The lowest BCUT2D eigenvalue weighted by molar-refractivity contribution is -0.137. The number of carbonyl (C=O) groups excluding carboxylic acids is 1. The van der Waals surface area contributed by atoms with Gasteiger partial charge in [-0.1, -0.05) is 18.2 Å². The predicted octanol–water partition coefficient (Wildman–Crippen LogP) is 4.83. The highest BCUT2D eigenvalue weighted by Crippen LogP contribution is 2.30. The average Bonchev–Trinajstić information content (AvgIpc) is 2.70. The van der Waals surface area contributed by atoms with Crippen LogP contribution in [0.3, 0.4) is 0 Å². The van der Waals surface area contributed by atoms with Crippen LogP contribution in [0.1, 0.15) is 11.1 Å². The second-order valence-corrected chi connectivity index (χ2v) is 8.24. The topological polar surface area (TPSA) is 75.3 Å². The monoisotopic (exact) mass is 452 g/mol. The highest BCUT2D eigenvalue weighted by Gasteiger charge is 2.31. The molecule has 31 heavy (non-hydrogen) atoms. The van der Waals surface area contributed by atoms with Crippen LogP contribution in [-0.2, 0) is 27.4 Å². The molecule has 5 nitrogen and oxygen atoms in total. The van der Waals surface area contributed by atoms with Gasteiger partial charge < -0.3 is 5.32 Å². The van der Waals surface area contributed by atoms with Crippen LogP contribution >= 0.6 is 0 Å². The summed E-state index contributed by atoms with van der Waals surface area (Å²) in [4.78, 5) is 11.5. The number of carbonyl (C=O) groups is 1. The van der Waals surface area contributed by atoms with Crippen LogP contribution in [0, 0.1) is 5.82 Å². The summed E-state index contributed by atoms with van der Waals surface area (Å²) < 4.78 is 78.4. The van der Waals surface area contributed by atoms with Gasteiger partial charge in [-0.05, 0) is 60.2 Å². The van der Waals surface area contributed by atoms with Crippen molar-refractivity contribution >= 4 is 27.3 Å². The number of sulfonamides is 1. The van der Waals surface area contributed by atoms with Crippen molar-refractivity contribution in [3.8, 4) is 0 Å². The van der Waals surface area contributed by atoms with E-state index in [2.05, 4.69) is 10.0 Å². The number of hydrogen-bond acceptors (Lipinski definition) is 3. The van der Waals surface area contributed by atoms with Gasteiger partial charge in [0.2, 0.25) is 5.91 Å². The average molecular weight is 452 g/mol. The molecule has 0 unspecified atom stereocenters. The molecule has 0 heterocycles. The first-order chi connectivity index (χ1) is 14.5. The molecule has 0 radical (unpaired) electrons. The third-order valence-corrected chi connectivity index (χ3v) is 5.55. The second-order valence-electron chi connectivity index (χ2n) is 6.56. The van der Waals surface area contributed by atoms with Gasteiger partial charge in [-0.25, -0.2) is 12.8 Å². The number of alkyl halides is 3. The van der Waals surface area contributed by atoms with Crippen LogP contribution in [-0.4, -0.2) is 14.3 Å². The Labute approximate surface area is 175 Å². The van der Waals surface area contributed by atoms with Crippen molar-refractivity contribution in [2.75, 3.05) is 10.0 Å². The van der Waals surface area contributed by atoms with E-state index in [0.717, 1.165) is 18.2 Å². The molecule has 0 fully saturated rings. The molecule has 0 saturated carbocycles. The molecule has 0 aliphatic heterocycles. The van der Waals surface area contributed by atoms with E-state index in [1.54, 1.807) is 0 Å². The molecular weight excluding hydrogens is 436 g/mol. The molecule has 0 spiro atoms. The highest BCUT2D eigenvalue weighted by molar-refractivity contribution is 7.92. The van der Waals surface area contributed by atoms with Gasteiger partial charge in [0.25, 0.3) is 10.0 Å². The third-order valence-electron chi connectivity index (χ3n) is 4.17. The quantitative estimate of drug-likeness (QED) is 0.527. The maximum absolute atomic E-state index is 12.9. The molecule has 0 atom stereocenters. The predicted molar refractivity (Wildman–Crippen MR) is 107 cm³/mol. The van der Waals surface area contributed by atoms with E-state index in [1.165, 1.54) is 48.5 Å². The van der Waals surface area contributed by atoms with Crippen molar-refractivity contribution in [2.24, 2.45) is 0 Å². The van der Waals surface area contributed by atoms with Crippen molar-refractivity contribution in [3.63, 3.8) is 0 Å². The zero-order valence-electron chi connectivity index (χ0n) is 15.8. The Balaban J connectivity index is 1.66. The third kappa shape index (κ3) is 6.05. The number of hydrogen-bond donors (Lipinski definition) is 2. The zero-order valence-corrected chi connectivity index (χ0v) is 16.6. The minimum Gasteiger partial charge on any atom is -0.326 e. The smallest absolute Gasteiger partial charge is 0.326 e. The van der Waals surface area contributed by atoms with Gasteiger partial charge in [0.05, 0.1) is 16.9 Å². The normalized spacial score (nSPS) is 11.7. The summed E-state index contributed by atoms with van der Waals surface area (Å²) in [6, 6.07) is 14.5. The molecule has 2 N–H and O–H groups in total. The van der Waals surface area contributed by atoms with E-state index < -0.39 is 32.5 Å². The number of amides is 1. The standard InChI is InChI=1S/C21H16F4N2O3S/c22-16-6-10-17(11-7-16)26-20(28)12-14-4-8-18(9-5-14)27-31(29,30)19-3-1-2-15(13-19)21(23,24)25/h1-11,13,27H,12H2,(H,26,28). The molecule has 3 rings (SSSR count). The first-order valence-electron chi connectivity index (χ1n) is 8.87. The van der Waals surface area contributed by atoms with E-state index in [4.69, 9.17) is 0 Å². The number of benzene rings is 3. The Bertz CT molecular complexity index is 1180. The van der Waals surface area contributed by atoms with Gasteiger partial charge in [-0.3, -0.25) is 9.52 Å². The Hall–Kier alpha value is -3.40. The van der Waals surface area contributed by atoms with Crippen LogP contribution in [0.15, 0.2) is 77.7 Å². The first-order valence-corrected chi connectivity index (χ1v) is 10.4. The van der Waals surface area contributed by atoms with E-state index in [9.17, 15) is 30.8 Å². The van der Waals surface area contributed by atoms with Crippen LogP contribution < -0.4 is 10.0 Å². The highest BCUT2D eigenvalue weighted by atomic mass is 32.2. The number of nitrogens with one attached hydrogen (secondary N) is 2. The Morgan fingerprint density at radius 2 is 1.48 bits per heavy atom. The van der Waals surface area contributed by atoms with E-state index in [1.807, 2.05) is 0 Å². The van der Waals surface area contributed by atoms with Crippen LogP contribution in [0.5, 0.6) is 0 Å². The maximum atomic E-state index is 12.9. The fourth-order valence-corrected chi connectivity index (χ4v) is 3.77. The first kappa shape index (κ1) is 22.3. The van der Waals surface area contributed by atoms with Gasteiger partial charge in [-0.15, -0.1) is 0 Å². The number of anilines is 2. The Morgan fingerprint density at radius 1 is 0.871 bits per heavy atom. The molecule has 0 aliphatic carbocycles. The lowest BCUT2D eigenvalue weighted by atomic mass is 10.1. The Kier molecular flexibility index (Phi) is 6.30. The van der Waals surface area contributed by atoms with E-state index in [0.29, 0.717) is 17.3 Å². The SMILES string of the molecule is O=C(Cc1ccc(NS(=O)(=O)c2cccc(C(F)(F)F)c2)cc1)Nc1ccc(F)cc1. The molecule has 0 bridgehead atoms. The molecule has 0 aromatic heterocycles. The molecule has 10 heteroatoms. The summed E-state index contributed by atoms with van der Waals surface area (Å²) >= 11 is 0. The van der Waals surface area contributed by atoms with Gasteiger partial charge >= 0.3 is 6.18 Å². The summed E-state index contributed by atoms with van der Waals surface area (Å²) in [5, 5.41) is 2.60. The molecule has 3 aromatic carbocycles. The Morgan fingerprint density at radius 3 is 2.10 bits per heavy atom. The van der Waals surface area contributed by atoms with E-state index in [-0.39, 0.29) is 18.0 Å². The zero-order chi connectivity index (χ0) is 22.6. The number of rotatable bonds is 6. The van der Waals surface area contributed by atoms with Crippen LogP contribution in [0.4, 0.5) is 28.9 Å².